The standard InChI is InChI=1S/C25H29FN6O/c26-21-5-1-3-18(13-21)8-11-29-24-22(25(33)30-16-20-4-2-10-28-15-20)6-7-23(31-24)32-12-9-19(14-27)17-32/h1-7,10,13,15,19H,8-9,11-12,14,16-17,27H2,(H,29,31)(H,30,33)/t19-/m0/s1. The molecule has 8 heteroatoms. The van der Waals surface area contributed by atoms with Crippen molar-refractivity contribution in [2.45, 2.75) is 19.4 Å². The number of benzene rings is 1. The summed E-state index contributed by atoms with van der Waals surface area (Å²) in [5.41, 5.74) is 8.10. The van der Waals surface area contributed by atoms with Crippen LogP contribution in [0.3, 0.4) is 0 Å². The van der Waals surface area contributed by atoms with E-state index in [2.05, 4.69) is 20.5 Å². The van der Waals surface area contributed by atoms with E-state index in [1.807, 2.05) is 24.3 Å². The Kier molecular flexibility index (Phi) is 7.47. The summed E-state index contributed by atoms with van der Waals surface area (Å²) in [6, 6.07) is 14.0. The first-order chi connectivity index (χ1) is 16.1. The number of nitrogens with two attached hydrogens (primary N) is 1. The molecule has 0 spiro atoms. The summed E-state index contributed by atoms with van der Waals surface area (Å²) in [5.74, 6) is 1.32. The Hall–Kier alpha value is -3.52. The molecule has 0 saturated carbocycles. The topological polar surface area (TPSA) is 96.2 Å². The number of rotatable bonds is 9. The largest absolute Gasteiger partial charge is 0.369 e. The molecule has 33 heavy (non-hydrogen) atoms. The highest BCUT2D eigenvalue weighted by Gasteiger charge is 2.23. The van der Waals surface area contributed by atoms with Gasteiger partial charge in [-0.15, -0.1) is 0 Å². The maximum Gasteiger partial charge on any atom is 0.255 e. The summed E-state index contributed by atoms with van der Waals surface area (Å²) in [5, 5.41) is 6.23. The molecule has 0 bridgehead atoms. The van der Waals surface area contributed by atoms with Crippen LogP contribution in [0, 0.1) is 11.7 Å². The van der Waals surface area contributed by atoms with Gasteiger partial charge in [-0.3, -0.25) is 9.78 Å². The molecule has 1 aliphatic rings. The van der Waals surface area contributed by atoms with Crippen LogP contribution < -0.4 is 21.3 Å². The first-order valence-electron chi connectivity index (χ1n) is 11.2. The second-order valence-electron chi connectivity index (χ2n) is 8.25. The molecule has 3 aromatic rings. The summed E-state index contributed by atoms with van der Waals surface area (Å²) >= 11 is 0. The fourth-order valence-corrected chi connectivity index (χ4v) is 3.97. The molecule has 4 rings (SSSR count). The molecular formula is C25H29FN6O. The van der Waals surface area contributed by atoms with Gasteiger partial charge in [-0.2, -0.15) is 0 Å². The van der Waals surface area contributed by atoms with Gasteiger partial charge in [-0.25, -0.2) is 9.37 Å². The van der Waals surface area contributed by atoms with Gasteiger partial charge < -0.3 is 21.3 Å². The van der Waals surface area contributed by atoms with E-state index in [1.54, 1.807) is 24.5 Å². The maximum atomic E-state index is 13.5. The molecule has 1 amide bonds. The maximum absolute atomic E-state index is 13.5. The van der Waals surface area contributed by atoms with E-state index in [0.29, 0.717) is 43.4 Å². The monoisotopic (exact) mass is 448 g/mol. The van der Waals surface area contributed by atoms with Gasteiger partial charge in [0.05, 0.1) is 5.56 Å². The average molecular weight is 449 g/mol. The highest BCUT2D eigenvalue weighted by atomic mass is 19.1. The molecule has 1 aromatic carbocycles. The SMILES string of the molecule is NC[C@@H]1CCN(c2ccc(C(=O)NCc3cccnc3)c(NCCc3cccc(F)c3)n2)C1. The van der Waals surface area contributed by atoms with Crippen LogP contribution in [0.5, 0.6) is 0 Å². The van der Waals surface area contributed by atoms with Crippen LogP contribution in [0.25, 0.3) is 0 Å². The minimum Gasteiger partial charge on any atom is -0.369 e. The molecule has 172 valence electrons. The van der Waals surface area contributed by atoms with Gasteiger partial charge in [0, 0.05) is 38.6 Å². The fourth-order valence-electron chi connectivity index (χ4n) is 3.97. The number of halogens is 1. The average Bonchev–Trinajstić information content (AvgIpc) is 3.33. The van der Waals surface area contributed by atoms with Gasteiger partial charge in [-0.1, -0.05) is 18.2 Å². The highest BCUT2D eigenvalue weighted by molar-refractivity contribution is 5.99. The third-order valence-electron chi connectivity index (χ3n) is 5.84. The molecule has 0 aliphatic carbocycles. The Morgan fingerprint density at radius 2 is 2.06 bits per heavy atom. The van der Waals surface area contributed by atoms with Gasteiger partial charge in [0.25, 0.3) is 5.91 Å². The quantitative estimate of drug-likeness (QED) is 0.466. The summed E-state index contributed by atoms with van der Waals surface area (Å²) in [4.78, 5) is 24.0. The van der Waals surface area contributed by atoms with Crippen molar-refractivity contribution in [3.05, 3.63) is 83.4 Å². The van der Waals surface area contributed by atoms with E-state index >= 15 is 0 Å². The lowest BCUT2D eigenvalue weighted by molar-refractivity contribution is 0.0951. The molecule has 1 atom stereocenters. The Balaban J connectivity index is 1.49. The zero-order valence-corrected chi connectivity index (χ0v) is 18.5. The van der Waals surface area contributed by atoms with Crippen molar-refractivity contribution < 1.29 is 9.18 Å². The van der Waals surface area contributed by atoms with Crippen LogP contribution in [0.4, 0.5) is 16.0 Å². The van der Waals surface area contributed by atoms with Crippen LogP contribution in [0.1, 0.15) is 27.9 Å². The van der Waals surface area contributed by atoms with Crippen LogP contribution in [-0.4, -0.2) is 42.1 Å². The van der Waals surface area contributed by atoms with Gasteiger partial charge >= 0.3 is 0 Å². The molecule has 4 N–H and O–H groups in total. The Morgan fingerprint density at radius 1 is 1.18 bits per heavy atom. The van der Waals surface area contributed by atoms with Crippen molar-refractivity contribution in [1.82, 2.24) is 15.3 Å². The number of carbonyl (C=O) groups is 1. The second kappa shape index (κ2) is 10.9. The third-order valence-corrected chi connectivity index (χ3v) is 5.84. The summed E-state index contributed by atoms with van der Waals surface area (Å²) < 4.78 is 13.5. The number of amides is 1. The molecule has 3 heterocycles. The van der Waals surface area contributed by atoms with Gasteiger partial charge in [0.2, 0.25) is 0 Å². The minimum atomic E-state index is -0.258. The normalized spacial score (nSPS) is 15.5. The first kappa shape index (κ1) is 22.7. The predicted octanol–water partition coefficient (Wildman–Crippen LogP) is 2.99. The van der Waals surface area contributed by atoms with Crippen molar-refractivity contribution in [1.29, 1.82) is 0 Å². The fraction of sp³-hybridized carbons (Fsp3) is 0.320. The smallest absolute Gasteiger partial charge is 0.255 e. The molecule has 1 saturated heterocycles. The van der Waals surface area contributed by atoms with Gasteiger partial charge in [0.15, 0.2) is 0 Å². The number of pyridine rings is 2. The lowest BCUT2D eigenvalue weighted by atomic mass is 10.1. The van der Waals surface area contributed by atoms with Crippen molar-refractivity contribution in [2.75, 3.05) is 36.4 Å². The predicted molar refractivity (Wildman–Crippen MR) is 128 cm³/mol. The van der Waals surface area contributed by atoms with Crippen molar-refractivity contribution in [3.8, 4) is 0 Å². The number of anilines is 2. The molecule has 0 unspecified atom stereocenters. The summed E-state index contributed by atoms with van der Waals surface area (Å²) in [6.45, 7) is 3.31. The van der Waals surface area contributed by atoms with Crippen LogP contribution in [-0.2, 0) is 13.0 Å². The number of nitrogens with zero attached hydrogens (tertiary/aromatic N) is 3. The van der Waals surface area contributed by atoms with Gasteiger partial charge in [-0.05, 0) is 66.8 Å². The zero-order valence-electron chi connectivity index (χ0n) is 18.5. The van der Waals surface area contributed by atoms with Crippen LogP contribution in [0.2, 0.25) is 0 Å². The number of hydrogen-bond donors (Lipinski definition) is 3. The minimum absolute atomic E-state index is 0.215. The zero-order chi connectivity index (χ0) is 23.0. The number of aromatic nitrogens is 2. The van der Waals surface area contributed by atoms with E-state index in [1.165, 1.54) is 12.1 Å². The Bertz CT molecular complexity index is 1080. The van der Waals surface area contributed by atoms with E-state index in [4.69, 9.17) is 10.7 Å². The number of hydrogen-bond acceptors (Lipinski definition) is 6. The van der Waals surface area contributed by atoms with Crippen LogP contribution in [0.15, 0.2) is 60.9 Å². The van der Waals surface area contributed by atoms with Crippen molar-refractivity contribution >= 4 is 17.5 Å². The van der Waals surface area contributed by atoms with Crippen LogP contribution >= 0.6 is 0 Å². The molecule has 7 nitrogen and oxygen atoms in total. The van der Waals surface area contributed by atoms with E-state index in [0.717, 1.165) is 36.5 Å². The highest BCUT2D eigenvalue weighted by Crippen LogP contribution is 2.25. The Morgan fingerprint density at radius 3 is 2.82 bits per heavy atom. The lowest BCUT2D eigenvalue weighted by Gasteiger charge is -2.20. The lowest BCUT2D eigenvalue weighted by Crippen LogP contribution is -2.27. The molecule has 1 fully saturated rings. The molecular weight excluding hydrogens is 419 g/mol. The van der Waals surface area contributed by atoms with Crippen molar-refractivity contribution in [3.63, 3.8) is 0 Å². The molecule has 2 aromatic heterocycles. The van der Waals surface area contributed by atoms with E-state index in [9.17, 15) is 9.18 Å². The molecule has 0 radical (unpaired) electrons. The van der Waals surface area contributed by atoms with Gasteiger partial charge in [0.1, 0.15) is 17.5 Å². The van der Waals surface area contributed by atoms with E-state index < -0.39 is 0 Å². The summed E-state index contributed by atoms with van der Waals surface area (Å²) in [7, 11) is 0. The first-order valence-corrected chi connectivity index (χ1v) is 11.2. The Labute approximate surface area is 193 Å². The summed E-state index contributed by atoms with van der Waals surface area (Å²) in [6.07, 6.45) is 5.07. The molecule has 1 aliphatic heterocycles. The number of nitrogens with one attached hydrogen (secondary N) is 2. The van der Waals surface area contributed by atoms with Crippen molar-refractivity contribution in [2.24, 2.45) is 11.7 Å². The van der Waals surface area contributed by atoms with E-state index in [-0.39, 0.29) is 11.7 Å². The number of carbonyl (C=O) groups excluding carboxylic acids is 1. The second-order valence-corrected chi connectivity index (χ2v) is 8.25. The third kappa shape index (κ3) is 6.04.